The van der Waals surface area contributed by atoms with Crippen molar-refractivity contribution >= 4 is 23.5 Å². The summed E-state index contributed by atoms with van der Waals surface area (Å²) in [6, 6.07) is 0. The number of hydrogen-bond donors (Lipinski definition) is 1. The van der Waals surface area contributed by atoms with Gasteiger partial charge in [0.2, 0.25) is 0 Å². The van der Waals surface area contributed by atoms with Crippen LogP contribution in [0.2, 0.25) is 0 Å². The number of carboxylic acids is 1. The SMILES string of the molecule is O=C(O)C1=C[C@H]2C=C(Cl)C=C[C@@H]2OC1=O. The number of halogens is 1. The van der Waals surface area contributed by atoms with Crippen LogP contribution in [0.25, 0.3) is 0 Å². The molecule has 0 bridgehead atoms. The van der Waals surface area contributed by atoms with Crippen LogP contribution < -0.4 is 0 Å². The van der Waals surface area contributed by atoms with Crippen LogP contribution in [-0.4, -0.2) is 23.1 Å². The Morgan fingerprint density at radius 1 is 1.47 bits per heavy atom. The zero-order valence-corrected chi connectivity index (χ0v) is 8.27. The molecule has 0 aromatic rings. The summed E-state index contributed by atoms with van der Waals surface area (Å²) in [5, 5.41) is 9.23. The number of hydrogen-bond acceptors (Lipinski definition) is 3. The molecule has 1 aliphatic heterocycles. The standard InChI is InChI=1S/C10H7ClO4/c11-6-1-2-8-5(3-6)4-7(9(12)13)10(14)15-8/h1-5,8H,(H,12,13)/t5-,8+/m1/s1. The molecule has 1 aliphatic carbocycles. The van der Waals surface area contributed by atoms with Crippen molar-refractivity contribution in [1.29, 1.82) is 0 Å². The van der Waals surface area contributed by atoms with Gasteiger partial charge in [0.1, 0.15) is 11.7 Å². The van der Waals surface area contributed by atoms with Gasteiger partial charge in [-0.3, -0.25) is 0 Å². The Balaban J connectivity index is 2.36. The van der Waals surface area contributed by atoms with E-state index >= 15 is 0 Å². The Kier molecular flexibility index (Phi) is 2.36. The molecule has 0 fully saturated rings. The van der Waals surface area contributed by atoms with Crippen molar-refractivity contribution in [1.82, 2.24) is 0 Å². The predicted molar refractivity (Wildman–Crippen MR) is 52.2 cm³/mol. The minimum absolute atomic E-state index is 0.286. The van der Waals surface area contributed by atoms with Crippen molar-refractivity contribution in [3.05, 3.63) is 34.9 Å². The van der Waals surface area contributed by atoms with E-state index in [0.29, 0.717) is 5.03 Å². The van der Waals surface area contributed by atoms with Gasteiger partial charge in [-0.05, 0) is 12.2 Å². The number of fused-ring (bicyclic) bond motifs is 1. The molecule has 0 saturated heterocycles. The third kappa shape index (κ3) is 1.80. The number of aliphatic carboxylic acids is 1. The van der Waals surface area contributed by atoms with Crippen LogP contribution in [-0.2, 0) is 14.3 Å². The second-order valence-electron chi connectivity index (χ2n) is 3.24. The topological polar surface area (TPSA) is 63.6 Å². The summed E-state index contributed by atoms with van der Waals surface area (Å²) in [5.74, 6) is -2.37. The highest BCUT2D eigenvalue weighted by Gasteiger charge is 2.33. The van der Waals surface area contributed by atoms with E-state index in [1.165, 1.54) is 6.08 Å². The molecule has 0 aromatic heterocycles. The zero-order chi connectivity index (χ0) is 11.0. The van der Waals surface area contributed by atoms with E-state index < -0.39 is 18.0 Å². The first kappa shape index (κ1) is 9.98. The molecule has 1 N–H and O–H groups in total. The van der Waals surface area contributed by atoms with Crippen molar-refractivity contribution in [2.75, 3.05) is 0 Å². The van der Waals surface area contributed by atoms with Crippen LogP contribution in [0.3, 0.4) is 0 Å². The van der Waals surface area contributed by atoms with Crippen LogP contribution >= 0.6 is 11.6 Å². The fourth-order valence-electron chi connectivity index (χ4n) is 1.52. The highest BCUT2D eigenvalue weighted by Crippen LogP contribution is 2.28. The van der Waals surface area contributed by atoms with Crippen molar-refractivity contribution in [2.45, 2.75) is 6.10 Å². The molecule has 2 rings (SSSR count). The molecule has 78 valence electrons. The second kappa shape index (κ2) is 3.55. The lowest BCUT2D eigenvalue weighted by Gasteiger charge is -2.26. The normalized spacial score (nSPS) is 28.7. The Bertz CT molecular complexity index is 419. The first-order chi connectivity index (χ1) is 7.08. The van der Waals surface area contributed by atoms with Crippen LogP contribution in [0.1, 0.15) is 0 Å². The maximum atomic E-state index is 11.2. The Labute approximate surface area is 90.5 Å². The summed E-state index contributed by atoms with van der Waals surface area (Å²) in [4.78, 5) is 21.9. The molecular weight excluding hydrogens is 220 g/mol. The molecule has 0 unspecified atom stereocenters. The molecule has 0 aromatic carbocycles. The Morgan fingerprint density at radius 3 is 2.87 bits per heavy atom. The van der Waals surface area contributed by atoms with Gasteiger partial charge in [0.05, 0.1) is 0 Å². The second-order valence-corrected chi connectivity index (χ2v) is 3.68. The smallest absolute Gasteiger partial charge is 0.345 e. The van der Waals surface area contributed by atoms with Gasteiger partial charge >= 0.3 is 11.9 Å². The average molecular weight is 227 g/mol. The molecule has 2 aliphatic rings. The van der Waals surface area contributed by atoms with Crippen molar-refractivity contribution in [2.24, 2.45) is 5.92 Å². The van der Waals surface area contributed by atoms with E-state index in [1.54, 1.807) is 18.2 Å². The molecule has 2 atom stereocenters. The maximum Gasteiger partial charge on any atom is 0.345 e. The van der Waals surface area contributed by atoms with Gasteiger partial charge in [-0.25, -0.2) is 9.59 Å². The summed E-state index contributed by atoms with van der Waals surface area (Å²) in [6.07, 6.45) is 5.84. The largest absolute Gasteiger partial charge is 0.477 e. The first-order valence-electron chi connectivity index (χ1n) is 4.29. The van der Waals surface area contributed by atoms with Crippen LogP contribution in [0, 0.1) is 5.92 Å². The van der Waals surface area contributed by atoms with E-state index in [4.69, 9.17) is 21.4 Å². The third-order valence-electron chi connectivity index (χ3n) is 2.23. The van der Waals surface area contributed by atoms with Gasteiger partial charge in [0, 0.05) is 11.0 Å². The van der Waals surface area contributed by atoms with Gasteiger partial charge < -0.3 is 9.84 Å². The van der Waals surface area contributed by atoms with Gasteiger partial charge in [-0.1, -0.05) is 23.8 Å². The van der Waals surface area contributed by atoms with Crippen LogP contribution in [0.4, 0.5) is 0 Å². The fourth-order valence-corrected chi connectivity index (χ4v) is 1.73. The molecule has 0 radical (unpaired) electrons. The summed E-state index contributed by atoms with van der Waals surface area (Å²) in [6.45, 7) is 0. The van der Waals surface area contributed by atoms with Crippen LogP contribution in [0.15, 0.2) is 34.9 Å². The molecule has 0 saturated carbocycles. The molecule has 5 heteroatoms. The van der Waals surface area contributed by atoms with E-state index in [9.17, 15) is 9.59 Å². The number of ether oxygens (including phenoxy) is 1. The molecular formula is C10H7ClO4. The van der Waals surface area contributed by atoms with Gasteiger partial charge in [-0.15, -0.1) is 0 Å². The van der Waals surface area contributed by atoms with Gasteiger partial charge in [-0.2, -0.15) is 0 Å². The highest BCUT2D eigenvalue weighted by molar-refractivity contribution is 6.31. The summed E-state index contributed by atoms with van der Waals surface area (Å²) in [5.41, 5.74) is -0.340. The third-order valence-corrected chi connectivity index (χ3v) is 2.48. The first-order valence-corrected chi connectivity index (χ1v) is 4.67. The Morgan fingerprint density at radius 2 is 2.20 bits per heavy atom. The minimum Gasteiger partial charge on any atom is -0.477 e. The number of allylic oxidation sites excluding steroid dienone is 2. The summed E-state index contributed by atoms with van der Waals surface area (Å²) < 4.78 is 4.93. The Hall–Kier alpha value is -1.55. The number of rotatable bonds is 1. The number of carboxylic acid groups (broad SMARTS) is 1. The lowest BCUT2D eigenvalue weighted by molar-refractivity contribution is -0.148. The zero-order valence-electron chi connectivity index (χ0n) is 7.51. The van der Waals surface area contributed by atoms with Crippen molar-refractivity contribution in [3.8, 4) is 0 Å². The van der Waals surface area contributed by atoms with E-state index in [1.807, 2.05) is 0 Å². The summed E-state index contributed by atoms with van der Waals surface area (Å²) in [7, 11) is 0. The molecule has 0 amide bonds. The monoisotopic (exact) mass is 226 g/mol. The number of carbonyl (C=O) groups is 2. The number of esters is 1. The lowest BCUT2D eigenvalue weighted by Crippen LogP contribution is -2.32. The maximum absolute atomic E-state index is 11.2. The van der Waals surface area contributed by atoms with Crippen molar-refractivity contribution < 1.29 is 19.4 Å². The van der Waals surface area contributed by atoms with Crippen molar-refractivity contribution in [3.63, 3.8) is 0 Å². The molecule has 1 heterocycles. The van der Waals surface area contributed by atoms with E-state index in [-0.39, 0.29) is 11.5 Å². The molecule has 15 heavy (non-hydrogen) atoms. The molecule has 4 nitrogen and oxygen atoms in total. The predicted octanol–water partition coefficient (Wildman–Crippen LogP) is 1.23. The fraction of sp³-hybridized carbons (Fsp3) is 0.200. The van der Waals surface area contributed by atoms with Gasteiger partial charge in [0.15, 0.2) is 0 Å². The van der Waals surface area contributed by atoms with E-state index in [2.05, 4.69) is 0 Å². The van der Waals surface area contributed by atoms with Gasteiger partial charge in [0.25, 0.3) is 0 Å². The van der Waals surface area contributed by atoms with Crippen LogP contribution in [0.5, 0.6) is 0 Å². The average Bonchev–Trinajstić information content (AvgIpc) is 2.17. The minimum atomic E-state index is -1.28. The number of carbonyl (C=O) groups excluding carboxylic acids is 1. The summed E-state index contributed by atoms with van der Waals surface area (Å²) >= 11 is 5.76. The molecule has 0 spiro atoms. The highest BCUT2D eigenvalue weighted by atomic mass is 35.5. The quantitative estimate of drug-likeness (QED) is 0.540. The lowest BCUT2D eigenvalue weighted by atomic mass is 9.92. The van der Waals surface area contributed by atoms with E-state index in [0.717, 1.165) is 0 Å².